The fourth-order valence-electron chi connectivity index (χ4n) is 2.22. The second-order valence-corrected chi connectivity index (χ2v) is 6.53. The maximum absolute atomic E-state index is 11.6. The Bertz CT molecular complexity index is 662. The molecule has 1 fully saturated rings. The Kier molecular flexibility index (Phi) is 12.6. The van der Waals surface area contributed by atoms with Crippen LogP contribution in [0.4, 0.5) is 0 Å². The van der Waals surface area contributed by atoms with Gasteiger partial charge < -0.3 is 9.64 Å². The van der Waals surface area contributed by atoms with Crippen LogP contribution in [0.2, 0.25) is 10.0 Å². The highest BCUT2D eigenvalue weighted by atomic mass is 35.5. The molecule has 1 aliphatic rings. The summed E-state index contributed by atoms with van der Waals surface area (Å²) in [7, 11) is 0. The van der Waals surface area contributed by atoms with E-state index in [1.54, 1.807) is 11.0 Å². The fourth-order valence-corrected chi connectivity index (χ4v) is 2.51. The summed E-state index contributed by atoms with van der Waals surface area (Å²) in [6.45, 7) is 5.15. The van der Waals surface area contributed by atoms with Gasteiger partial charge in [-0.2, -0.15) is 4.91 Å². The van der Waals surface area contributed by atoms with Gasteiger partial charge in [0.25, 0.3) is 5.91 Å². The van der Waals surface area contributed by atoms with Crippen molar-refractivity contribution >= 4 is 29.1 Å². The Hall–Kier alpha value is -2.21. The molecule has 2 aromatic carbocycles. The van der Waals surface area contributed by atoms with Gasteiger partial charge in [-0.3, -0.25) is 4.79 Å². The van der Waals surface area contributed by atoms with E-state index in [2.05, 4.69) is 11.8 Å². The van der Waals surface area contributed by atoms with Crippen LogP contribution in [0, 0.1) is 4.91 Å². The zero-order valence-corrected chi connectivity index (χ0v) is 17.1. The summed E-state index contributed by atoms with van der Waals surface area (Å²) in [4.78, 5) is 23.2. The minimum atomic E-state index is -0.423. The van der Waals surface area contributed by atoms with E-state index in [9.17, 15) is 9.70 Å². The number of halogens is 2. The summed E-state index contributed by atoms with van der Waals surface area (Å²) >= 11 is 11.1. The Morgan fingerprint density at radius 2 is 1.61 bits per heavy atom. The largest absolute Gasteiger partial charge is 0.366 e. The first-order valence-corrected chi connectivity index (χ1v) is 9.55. The van der Waals surface area contributed by atoms with E-state index in [1.807, 2.05) is 60.7 Å². The summed E-state index contributed by atoms with van der Waals surface area (Å²) in [5.74, 6) is -0.0696. The van der Waals surface area contributed by atoms with Crippen LogP contribution in [0.15, 0.2) is 78.5 Å². The van der Waals surface area contributed by atoms with E-state index in [0.29, 0.717) is 26.1 Å². The number of morpholine rings is 1. The number of carbonyl (C=O) groups excluding carboxylic acids is 1. The van der Waals surface area contributed by atoms with Crippen LogP contribution in [0.1, 0.15) is 6.42 Å². The van der Waals surface area contributed by atoms with Crippen LogP contribution in [-0.2, 0) is 9.53 Å². The number of rotatable bonds is 5. The van der Waals surface area contributed by atoms with Crippen LogP contribution in [-0.4, -0.2) is 43.2 Å². The highest BCUT2D eigenvalue weighted by molar-refractivity contribution is 6.30. The number of nitroso groups, excluding NO2 is 1. The third-order valence-electron chi connectivity index (χ3n) is 3.58. The van der Waals surface area contributed by atoms with Crippen molar-refractivity contribution in [1.82, 2.24) is 4.90 Å². The molecule has 7 heteroatoms. The molecule has 3 rings (SSSR count). The second-order valence-electron chi connectivity index (χ2n) is 5.65. The molecule has 0 radical (unpaired) electrons. The molecule has 1 atom stereocenters. The van der Waals surface area contributed by atoms with Crippen LogP contribution in [0.5, 0.6) is 0 Å². The third kappa shape index (κ3) is 10.2. The molecule has 0 bridgehead atoms. The van der Waals surface area contributed by atoms with Crippen molar-refractivity contribution in [2.24, 2.45) is 5.18 Å². The lowest BCUT2D eigenvalue weighted by atomic mass is 10.2. The molecule has 0 aliphatic carbocycles. The van der Waals surface area contributed by atoms with E-state index >= 15 is 0 Å². The first-order chi connectivity index (χ1) is 13.6. The molecular weight excluding hydrogens is 399 g/mol. The Balaban J connectivity index is 0.000000233. The maximum Gasteiger partial charge on any atom is 0.252 e. The molecule has 0 saturated carbocycles. The lowest BCUT2D eigenvalue weighted by molar-refractivity contribution is -0.152. The summed E-state index contributed by atoms with van der Waals surface area (Å²) in [6, 6.07) is 18.9. The fraction of sp³-hybridized carbons (Fsp3) is 0.286. The van der Waals surface area contributed by atoms with E-state index < -0.39 is 6.10 Å². The van der Waals surface area contributed by atoms with E-state index in [-0.39, 0.29) is 12.5 Å². The van der Waals surface area contributed by atoms with Crippen molar-refractivity contribution in [2.45, 2.75) is 12.5 Å². The summed E-state index contributed by atoms with van der Waals surface area (Å²) in [5.41, 5.74) is 0. The van der Waals surface area contributed by atoms with E-state index in [1.165, 1.54) is 0 Å². The lowest BCUT2D eigenvalue weighted by Gasteiger charge is -2.31. The minimum Gasteiger partial charge on any atom is -0.366 e. The molecule has 1 saturated heterocycles. The first kappa shape index (κ1) is 23.8. The number of nitrogens with zero attached hydrogens (tertiary/aromatic N) is 2. The van der Waals surface area contributed by atoms with Gasteiger partial charge in [-0.05, 0) is 24.3 Å². The monoisotopic (exact) mass is 422 g/mol. The average molecular weight is 423 g/mol. The highest BCUT2D eigenvalue weighted by Crippen LogP contribution is 2.10. The van der Waals surface area contributed by atoms with Crippen molar-refractivity contribution in [1.29, 1.82) is 0 Å². The van der Waals surface area contributed by atoms with Crippen LogP contribution in [0.3, 0.4) is 0 Å². The number of carbonyl (C=O) groups is 1. The molecule has 1 heterocycles. The van der Waals surface area contributed by atoms with Crippen LogP contribution in [0.25, 0.3) is 0 Å². The quantitative estimate of drug-likeness (QED) is 0.488. The standard InChI is InChI=1S/C9H14N2O3.2C6H5Cl/c1-2-3-8-9(12)11(5-4-10-13)6-7-14-8;2*7-6-4-2-1-3-5-6/h2,8H,1,3-7H2;2*1-5H. The molecule has 150 valence electrons. The SMILES string of the molecule is C=CCC1OCCN(CCN=O)C1=O.Clc1ccccc1.Clc1ccccc1. The topological polar surface area (TPSA) is 59.0 Å². The smallest absolute Gasteiger partial charge is 0.252 e. The first-order valence-electron chi connectivity index (χ1n) is 8.80. The van der Waals surface area contributed by atoms with Gasteiger partial charge in [0.05, 0.1) is 13.2 Å². The maximum atomic E-state index is 11.6. The predicted octanol–water partition coefficient (Wildman–Crippen LogP) is 5.24. The van der Waals surface area contributed by atoms with Gasteiger partial charge in [-0.1, -0.05) is 70.9 Å². The van der Waals surface area contributed by atoms with Gasteiger partial charge >= 0.3 is 0 Å². The van der Waals surface area contributed by atoms with Crippen molar-refractivity contribution in [3.8, 4) is 0 Å². The molecule has 0 spiro atoms. The summed E-state index contributed by atoms with van der Waals surface area (Å²) in [6.07, 6.45) is 1.75. The second kappa shape index (κ2) is 14.8. The predicted molar refractivity (Wildman–Crippen MR) is 115 cm³/mol. The Morgan fingerprint density at radius 3 is 2.00 bits per heavy atom. The van der Waals surface area contributed by atoms with Gasteiger partial charge in [0.2, 0.25) is 0 Å². The molecule has 1 unspecified atom stereocenters. The van der Waals surface area contributed by atoms with Gasteiger partial charge in [0.15, 0.2) is 0 Å². The number of benzene rings is 2. The molecule has 0 aromatic heterocycles. The Labute approximate surface area is 175 Å². The van der Waals surface area contributed by atoms with Gasteiger partial charge in [0, 0.05) is 29.6 Å². The molecule has 1 aliphatic heterocycles. The van der Waals surface area contributed by atoms with Gasteiger partial charge in [-0.25, -0.2) is 0 Å². The van der Waals surface area contributed by atoms with Crippen molar-refractivity contribution in [2.75, 3.05) is 26.2 Å². The van der Waals surface area contributed by atoms with Crippen molar-refractivity contribution in [3.63, 3.8) is 0 Å². The molecule has 2 aromatic rings. The normalized spacial score (nSPS) is 15.4. The summed E-state index contributed by atoms with van der Waals surface area (Å²) < 4.78 is 5.27. The molecule has 5 nitrogen and oxygen atoms in total. The molecule has 1 amide bonds. The molecule has 0 N–H and O–H groups in total. The number of ether oxygens (including phenoxy) is 1. The zero-order valence-electron chi connectivity index (χ0n) is 15.5. The lowest BCUT2D eigenvalue weighted by Crippen LogP contribution is -2.48. The van der Waals surface area contributed by atoms with Crippen LogP contribution >= 0.6 is 23.2 Å². The van der Waals surface area contributed by atoms with Crippen molar-refractivity contribution in [3.05, 3.63) is 88.3 Å². The molecular formula is C21H24Cl2N2O3. The van der Waals surface area contributed by atoms with Gasteiger partial charge in [-0.15, -0.1) is 6.58 Å². The minimum absolute atomic E-state index is 0.0696. The van der Waals surface area contributed by atoms with Crippen molar-refractivity contribution < 1.29 is 9.53 Å². The highest BCUT2D eigenvalue weighted by Gasteiger charge is 2.27. The Morgan fingerprint density at radius 1 is 1.07 bits per heavy atom. The molecule has 28 heavy (non-hydrogen) atoms. The number of hydrogen-bond acceptors (Lipinski definition) is 4. The number of hydrogen-bond donors (Lipinski definition) is 0. The average Bonchev–Trinajstić information content (AvgIpc) is 2.71. The van der Waals surface area contributed by atoms with Crippen LogP contribution < -0.4 is 0 Å². The van der Waals surface area contributed by atoms with E-state index in [0.717, 1.165) is 10.0 Å². The van der Waals surface area contributed by atoms with E-state index in [4.69, 9.17) is 27.9 Å². The zero-order chi connectivity index (χ0) is 20.6. The third-order valence-corrected chi connectivity index (χ3v) is 4.08. The number of amides is 1. The summed E-state index contributed by atoms with van der Waals surface area (Å²) in [5, 5.41) is 4.32. The van der Waals surface area contributed by atoms with Gasteiger partial charge in [0.1, 0.15) is 6.10 Å².